The molecule has 6 heteroatoms. The van der Waals surface area contributed by atoms with Crippen LogP contribution < -0.4 is 4.74 Å². The minimum Gasteiger partial charge on any atom is -0.494 e. The van der Waals surface area contributed by atoms with Crippen molar-refractivity contribution in [3.05, 3.63) is 35.4 Å². The monoisotopic (exact) mass is 351 g/mol. The van der Waals surface area contributed by atoms with Crippen LogP contribution >= 0.6 is 0 Å². The first-order chi connectivity index (χ1) is 11.7. The maximum atomic E-state index is 14.6. The molecule has 1 aromatic rings. The summed E-state index contributed by atoms with van der Waals surface area (Å²) in [5, 5.41) is 0. The van der Waals surface area contributed by atoms with Gasteiger partial charge in [0.05, 0.1) is 18.7 Å². The van der Waals surface area contributed by atoms with Gasteiger partial charge in [0, 0.05) is 6.04 Å². The molecule has 3 rings (SSSR count). The summed E-state index contributed by atoms with van der Waals surface area (Å²) in [6.45, 7) is 5.46. The van der Waals surface area contributed by atoms with Crippen LogP contribution in [0.2, 0.25) is 0 Å². The number of benzene rings is 1. The lowest BCUT2D eigenvalue weighted by molar-refractivity contribution is 0.0175. The molecule has 4 nitrogen and oxygen atoms in total. The molecule has 0 saturated carbocycles. The van der Waals surface area contributed by atoms with Gasteiger partial charge in [-0.1, -0.05) is 6.08 Å². The van der Waals surface area contributed by atoms with Crippen LogP contribution in [0.5, 0.6) is 5.75 Å². The van der Waals surface area contributed by atoms with Gasteiger partial charge in [0.1, 0.15) is 11.4 Å². The SMILES string of the molecule is COc1ccc(F)c(C2=CC3CCC(C2)N3C(=O)OC(C)(C)C)c1F. The summed E-state index contributed by atoms with van der Waals surface area (Å²) in [5.41, 5.74) is -0.0489. The van der Waals surface area contributed by atoms with E-state index in [-0.39, 0.29) is 29.5 Å². The number of amides is 1. The Morgan fingerprint density at radius 2 is 1.96 bits per heavy atom. The molecule has 1 fully saturated rings. The van der Waals surface area contributed by atoms with Gasteiger partial charge in [-0.2, -0.15) is 0 Å². The number of rotatable bonds is 2. The maximum Gasteiger partial charge on any atom is 0.411 e. The number of ether oxygens (including phenoxy) is 2. The van der Waals surface area contributed by atoms with Crippen LogP contribution in [0.3, 0.4) is 0 Å². The van der Waals surface area contributed by atoms with Gasteiger partial charge in [0.25, 0.3) is 0 Å². The average Bonchev–Trinajstić information content (AvgIpc) is 2.77. The lowest BCUT2D eigenvalue weighted by Gasteiger charge is -2.35. The van der Waals surface area contributed by atoms with Crippen molar-refractivity contribution in [1.82, 2.24) is 4.90 Å². The number of hydrogen-bond donors (Lipinski definition) is 0. The molecule has 2 aliphatic rings. The van der Waals surface area contributed by atoms with Crippen molar-refractivity contribution in [1.29, 1.82) is 0 Å². The highest BCUT2D eigenvalue weighted by Crippen LogP contribution is 2.41. The van der Waals surface area contributed by atoms with Gasteiger partial charge in [-0.15, -0.1) is 0 Å². The summed E-state index contributed by atoms with van der Waals surface area (Å²) in [6, 6.07) is 2.18. The average molecular weight is 351 g/mol. The lowest BCUT2D eigenvalue weighted by Crippen LogP contribution is -2.45. The summed E-state index contributed by atoms with van der Waals surface area (Å²) in [4.78, 5) is 14.2. The number of carbonyl (C=O) groups is 1. The van der Waals surface area contributed by atoms with E-state index in [1.807, 2.05) is 20.8 Å². The molecule has 0 spiro atoms. The fourth-order valence-electron chi connectivity index (χ4n) is 3.60. The Morgan fingerprint density at radius 3 is 2.56 bits per heavy atom. The molecule has 1 amide bonds. The van der Waals surface area contributed by atoms with Gasteiger partial charge < -0.3 is 9.47 Å². The molecule has 136 valence electrons. The molecule has 2 bridgehead atoms. The maximum absolute atomic E-state index is 14.6. The van der Waals surface area contributed by atoms with E-state index in [2.05, 4.69) is 0 Å². The molecule has 1 aromatic carbocycles. The van der Waals surface area contributed by atoms with Gasteiger partial charge in [-0.05, 0) is 57.7 Å². The summed E-state index contributed by atoms with van der Waals surface area (Å²) in [6.07, 6.45) is 3.37. The smallest absolute Gasteiger partial charge is 0.411 e. The third kappa shape index (κ3) is 3.34. The largest absolute Gasteiger partial charge is 0.494 e. The summed E-state index contributed by atoms with van der Waals surface area (Å²) in [5.74, 6) is -1.30. The Bertz CT molecular complexity index is 724. The topological polar surface area (TPSA) is 38.8 Å². The Labute approximate surface area is 146 Å². The molecule has 1 saturated heterocycles. The summed E-state index contributed by atoms with van der Waals surface area (Å²) >= 11 is 0. The van der Waals surface area contributed by atoms with Gasteiger partial charge in [-0.3, -0.25) is 4.90 Å². The van der Waals surface area contributed by atoms with Crippen LogP contribution in [0, 0.1) is 11.6 Å². The molecule has 2 aliphatic heterocycles. The van der Waals surface area contributed by atoms with E-state index in [0.717, 1.165) is 12.8 Å². The molecule has 0 radical (unpaired) electrons. The molecular formula is C19H23F2NO3. The zero-order valence-electron chi connectivity index (χ0n) is 14.9. The first-order valence-corrected chi connectivity index (χ1v) is 8.45. The number of carbonyl (C=O) groups excluding carboxylic acids is 1. The van der Waals surface area contributed by atoms with E-state index in [1.54, 1.807) is 11.0 Å². The highest BCUT2D eigenvalue weighted by molar-refractivity contribution is 5.76. The van der Waals surface area contributed by atoms with E-state index in [4.69, 9.17) is 9.47 Å². The van der Waals surface area contributed by atoms with Crippen LogP contribution in [0.1, 0.15) is 45.6 Å². The highest BCUT2D eigenvalue weighted by atomic mass is 19.1. The van der Waals surface area contributed by atoms with Gasteiger partial charge >= 0.3 is 6.09 Å². The van der Waals surface area contributed by atoms with Crippen molar-refractivity contribution < 1.29 is 23.0 Å². The number of hydrogen-bond acceptors (Lipinski definition) is 3. The Morgan fingerprint density at radius 1 is 1.24 bits per heavy atom. The number of fused-ring (bicyclic) bond motifs is 2. The second kappa shape index (κ2) is 6.32. The van der Waals surface area contributed by atoms with E-state index in [9.17, 15) is 13.6 Å². The quantitative estimate of drug-likeness (QED) is 0.786. The normalized spacial score (nSPS) is 22.6. The molecule has 2 unspecified atom stereocenters. The molecule has 2 atom stereocenters. The lowest BCUT2D eigenvalue weighted by atomic mass is 9.94. The second-order valence-corrected chi connectivity index (χ2v) is 7.52. The Hall–Kier alpha value is -2.11. The fourth-order valence-corrected chi connectivity index (χ4v) is 3.60. The van der Waals surface area contributed by atoms with Crippen LogP contribution in [0.15, 0.2) is 18.2 Å². The zero-order valence-corrected chi connectivity index (χ0v) is 14.9. The van der Waals surface area contributed by atoms with Gasteiger partial charge in [0.15, 0.2) is 11.6 Å². The summed E-state index contributed by atoms with van der Waals surface area (Å²) < 4.78 is 39.3. The van der Waals surface area contributed by atoms with E-state index in [0.29, 0.717) is 12.0 Å². The first-order valence-electron chi connectivity index (χ1n) is 8.45. The van der Waals surface area contributed by atoms with Gasteiger partial charge in [-0.25, -0.2) is 13.6 Å². The third-order valence-corrected chi connectivity index (χ3v) is 4.60. The molecule has 2 heterocycles. The number of halogens is 2. The Balaban J connectivity index is 1.92. The van der Waals surface area contributed by atoms with E-state index >= 15 is 0 Å². The molecule has 0 N–H and O–H groups in total. The Kier molecular flexibility index (Phi) is 4.47. The van der Waals surface area contributed by atoms with Crippen LogP contribution in [-0.4, -0.2) is 35.8 Å². The minimum atomic E-state index is -0.695. The predicted molar refractivity (Wildman–Crippen MR) is 90.4 cm³/mol. The highest BCUT2D eigenvalue weighted by Gasteiger charge is 2.42. The number of nitrogens with zero attached hydrogens (tertiary/aromatic N) is 1. The third-order valence-electron chi connectivity index (χ3n) is 4.60. The minimum absolute atomic E-state index is 0.0132. The van der Waals surface area contributed by atoms with Crippen LogP contribution in [-0.2, 0) is 4.74 Å². The molecule has 0 aromatic heterocycles. The predicted octanol–water partition coefficient (Wildman–Crippen LogP) is 4.53. The van der Waals surface area contributed by atoms with Crippen molar-refractivity contribution in [2.75, 3.05) is 7.11 Å². The molecule has 0 aliphatic carbocycles. The van der Waals surface area contributed by atoms with Crippen molar-refractivity contribution >= 4 is 11.7 Å². The first kappa shape index (κ1) is 17.7. The van der Waals surface area contributed by atoms with Crippen LogP contribution in [0.4, 0.5) is 13.6 Å². The van der Waals surface area contributed by atoms with Crippen molar-refractivity contribution in [2.45, 2.75) is 57.7 Å². The van der Waals surface area contributed by atoms with Gasteiger partial charge in [0.2, 0.25) is 0 Å². The summed E-state index contributed by atoms with van der Waals surface area (Å²) in [7, 11) is 1.35. The van der Waals surface area contributed by atoms with E-state index < -0.39 is 17.2 Å². The van der Waals surface area contributed by atoms with Crippen molar-refractivity contribution in [3.8, 4) is 5.75 Å². The zero-order chi connectivity index (χ0) is 18.4. The fraction of sp³-hybridized carbons (Fsp3) is 0.526. The molecular weight excluding hydrogens is 328 g/mol. The number of methoxy groups -OCH3 is 1. The van der Waals surface area contributed by atoms with Crippen molar-refractivity contribution in [3.63, 3.8) is 0 Å². The molecule has 25 heavy (non-hydrogen) atoms. The van der Waals surface area contributed by atoms with Crippen LogP contribution in [0.25, 0.3) is 5.57 Å². The standard InChI is InChI=1S/C19H23F2NO3/c1-19(2,3)25-18(23)22-12-5-6-13(22)10-11(9-12)16-14(20)7-8-15(24-4)17(16)21/h7-9,12-13H,5-6,10H2,1-4H3. The second-order valence-electron chi connectivity index (χ2n) is 7.52. The van der Waals surface area contributed by atoms with Crippen molar-refractivity contribution in [2.24, 2.45) is 0 Å². The van der Waals surface area contributed by atoms with E-state index in [1.165, 1.54) is 19.2 Å².